The second kappa shape index (κ2) is 8.70. The molecule has 0 bridgehead atoms. The van der Waals surface area contributed by atoms with Crippen molar-refractivity contribution < 1.29 is 14.3 Å². The lowest BCUT2D eigenvalue weighted by atomic mass is 10.0. The van der Waals surface area contributed by atoms with E-state index in [9.17, 15) is 4.79 Å². The SMILES string of the molecule is COc1ccc(-c2csc3nc(C)nc(N4CCN(C(=O)C(C)C)CC4)c23)cc1OC. The van der Waals surface area contributed by atoms with E-state index in [0.29, 0.717) is 24.6 Å². The van der Waals surface area contributed by atoms with Crippen molar-refractivity contribution in [1.29, 1.82) is 0 Å². The summed E-state index contributed by atoms with van der Waals surface area (Å²) in [5.41, 5.74) is 2.11. The first-order chi connectivity index (χ1) is 14.9. The number of thiophene rings is 1. The zero-order chi connectivity index (χ0) is 22.1. The summed E-state index contributed by atoms with van der Waals surface area (Å²) in [6, 6.07) is 5.94. The third-order valence-corrected chi connectivity index (χ3v) is 6.48. The van der Waals surface area contributed by atoms with Gasteiger partial charge in [-0.25, -0.2) is 9.97 Å². The Morgan fingerprint density at radius 3 is 2.42 bits per heavy atom. The third kappa shape index (κ3) is 4.04. The molecular weight excluding hydrogens is 412 g/mol. The van der Waals surface area contributed by atoms with Crippen LogP contribution in [0.25, 0.3) is 21.3 Å². The number of aryl methyl sites for hydroxylation is 1. The van der Waals surface area contributed by atoms with Gasteiger partial charge in [0.05, 0.1) is 19.6 Å². The predicted molar refractivity (Wildman–Crippen MR) is 124 cm³/mol. The molecule has 3 aromatic rings. The van der Waals surface area contributed by atoms with E-state index in [1.807, 2.05) is 43.9 Å². The summed E-state index contributed by atoms with van der Waals surface area (Å²) < 4.78 is 10.9. The first-order valence-corrected chi connectivity index (χ1v) is 11.3. The van der Waals surface area contributed by atoms with Gasteiger partial charge in [-0.1, -0.05) is 19.9 Å². The van der Waals surface area contributed by atoms with Crippen LogP contribution in [-0.2, 0) is 4.79 Å². The molecule has 0 atom stereocenters. The molecular formula is C23H28N4O3S. The van der Waals surface area contributed by atoms with Crippen molar-refractivity contribution >= 4 is 33.3 Å². The smallest absolute Gasteiger partial charge is 0.225 e. The van der Waals surface area contributed by atoms with Crippen molar-refractivity contribution in [2.75, 3.05) is 45.3 Å². The number of anilines is 1. The molecule has 0 radical (unpaired) electrons. The zero-order valence-electron chi connectivity index (χ0n) is 18.6. The molecule has 164 valence electrons. The van der Waals surface area contributed by atoms with E-state index in [1.54, 1.807) is 25.6 Å². The molecule has 1 aliphatic rings. The van der Waals surface area contributed by atoms with Crippen molar-refractivity contribution in [3.8, 4) is 22.6 Å². The van der Waals surface area contributed by atoms with Crippen LogP contribution in [0.1, 0.15) is 19.7 Å². The van der Waals surface area contributed by atoms with Crippen LogP contribution in [0, 0.1) is 12.8 Å². The van der Waals surface area contributed by atoms with Gasteiger partial charge in [-0.05, 0) is 24.6 Å². The fraction of sp³-hybridized carbons (Fsp3) is 0.435. The van der Waals surface area contributed by atoms with Gasteiger partial charge in [0.2, 0.25) is 5.91 Å². The number of ether oxygens (including phenoxy) is 2. The zero-order valence-corrected chi connectivity index (χ0v) is 19.5. The molecule has 1 fully saturated rings. The van der Waals surface area contributed by atoms with E-state index in [-0.39, 0.29) is 11.8 Å². The number of hydrogen-bond donors (Lipinski definition) is 0. The molecule has 0 aliphatic carbocycles. The second-order valence-electron chi connectivity index (χ2n) is 7.96. The molecule has 31 heavy (non-hydrogen) atoms. The number of piperazine rings is 1. The fourth-order valence-electron chi connectivity index (χ4n) is 3.98. The molecule has 2 aromatic heterocycles. The summed E-state index contributed by atoms with van der Waals surface area (Å²) in [4.78, 5) is 27.1. The molecule has 3 heterocycles. The third-order valence-electron chi connectivity index (χ3n) is 5.61. The van der Waals surface area contributed by atoms with Crippen molar-refractivity contribution in [1.82, 2.24) is 14.9 Å². The van der Waals surface area contributed by atoms with E-state index < -0.39 is 0 Å². The number of benzene rings is 1. The van der Waals surface area contributed by atoms with Gasteiger partial charge in [0.15, 0.2) is 11.5 Å². The van der Waals surface area contributed by atoms with Gasteiger partial charge in [0, 0.05) is 43.0 Å². The first kappa shape index (κ1) is 21.4. The molecule has 1 aliphatic heterocycles. The number of amides is 1. The van der Waals surface area contributed by atoms with Crippen LogP contribution >= 0.6 is 11.3 Å². The van der Waals surface area contributed by atoms with Gasteiger partial charge in [0.25, 0.3) is 0 Å². The number of methoxy groups -OCH3 is 2. The average Bonchev–Trinajstić information content (AvgIpc) is 3.21. The van der Waals surface area contributed by atoms with Crippen LogP contribution in [0.4, 0.5) is 5.82 Å². The lowest BCUT2D eigenvalue weighted by Gasteiger charge is -2.36. The number of aromatic nitrogens is 2. The average molecular weight is 441 g/mol. The Hall–Kier alpha value is -2.87. The molecule has 7 nitrogen and oxygen atoms in total. The quantitative estimate of drug-likeness (QED) is 0.598. The lowest BCUT2D eigenvalue weighted by molar-refractivity contribution is -0.134. The topological polar surface area (TPSA) is 67.8 Å². The molecule has 0 N–H and O–H groups in total. The Morgan fingerprint density at radius 1 is 1.06 bits per heavy atom. The van der Waals surface area contributed by atoms with Gasteiger partial charge in [-0.15, -0.1) is 11.3 Å². The standard InChI is InChI=1S/C23H28N4O3S/c1-14(2)23(28)27-10-8-26(9-11-27)21-20-17(13-31-22(20)25-15(3)24-21)16-6-7-18(29-4)19(12-16)30-5/h6-7,12-14H,8-11H2,1-5H3. The Balaban J connectivity index is 1.73. The number of hydrogen-bond acceptors (Lipinski definition) is 7. The molecule has 1 aromatic carbocycles. The number of carbonyl (C=O) groups is 1. The summed E-state index contributed by atoms with van der Waals surface area (Å²) in [6.45, 7) is 8.75. The van der Waals surface area contributed by atoms with E-state index in [2.05, 4.69) is 15.3 Å². The highest BCUT2D eigenvalue weighted by atomic mass is 32.1. The van der Waals surface area contributed by atoms with Crippen molar-refractivity contribution in [2.45, 2.75) is 20.8 Å². The lowest BCUT2D eigenvalue weighted by Crippen LogP contribution is -2.50. The van der Waals surface area contributed by atoms with Gasteiger partial charge in [0.1, 0.15) is 16.5 Å². The molecule has 0 unspecified atom stereocenters. The van der Waals surface area contributed by atoms with Crippen molar-refractivity contribution in [3.63, 3.8) is 0 Å². The molecule has 0 saturated carbocycles. The number of fused-ring (bicyclic) bond motifs is 1. The van der Waals surface area contributed by atoms with Crippen LogP contribution in [0.5, 0.6) is 11.5 Å². The molecule has 0 spiro atoms. The van der Waals surface area contributed by atoms with Gasteiger partial charge >= 0.3 is 0 Å². The van der Waals surface area contributed by atoms with E-state index in [1.165, 1.54) is 0 Å². The van der Waals surface area contributed by atoms with Gasteiger partial charge < -0.3 is 19.3 Å². The van der Waals surface area contributed by atoms with Crippen LogP contribution in [0.2, 0.25) is 0 Å². The Kier molecular flexibility index (Phi) is 6.00. The highest BCUT2D eigenvalue weighted by Gasteiger charge is 2.26. The Labute approximate surface area is 186 Å². The van der Waals surface area contributed by atoms with Gasteiger partial charge in [-0.3, -0.25) is 4.79 Å². The maximum atomic E-state index is 12.4. The molecule has 1 saturated heterocycles. The summed E-state index contributed by atoms with van der Waals surface area (Å²) in [7, 11) is 3.28. The highest BCUT2D eigenvalue weighted by Crippen LogP contribution is 2.41. The van der Waals surface area contributed by atoms with Crippen LogP contribution in [0.3, 0.4) is 0 Å². The maximum Gasteiger partial charge on any atom is 0.225 e. The monoisotopic (exact) mass is 440 g/mol. The number of rotatable bonds is 5. The molecule has 8 heteroatoms. The van der Waals surface area contributed by atoms with Crippen molar-refractivity contribution in [3.05, 3.63) is 29.4 Å². The maximum absolute atomic E-state index is 12.4. The largest absolute Gasteiger partial charge is 0.493 e. The molecule has 1 amide bonds. The van der Waals surface area contributed by atoms with Crippen LogP contribution in [0.15, 0.2) is 23.6 Å². The summed E-state index contributed by atoms with van der Waals surface area (Å²) in [5.74, 6) is 3.31. The first-order valence-electron chi connectivity index (χ1n) is 10.4. The summed E-state index contributed by atoms with van der Waals surface area (Å²) in [5, 5.41) is 3.17. The Morgan fingerprint density at radius 2 is 1.77 bits per heavy atom. The number of carbonyl (C=O) groups excluding carboxylic acids is 1. The fourth-order valence-corrected chi connectivity index (χ4v) is 4.96. The number of nitrogens with zero attached hydrogens (tertiary/aromatic N) is 4. The van der Waals surface area contributed by atoms with Crippen LogP contribution in [-0.4, -0.2) is 61.2 Å². The normalized spacial score (nSPS) is 14.4. The minimum Gasteiger partial charge on any atom is -0.493 e. The minimum absolute atomic E-state index is 0.0214. The second-order valence-corrected chi connectivity index (χ2v) is 8.82. The van der Waals surface area contributed by atoms with E-state index >= 15 is 0 Å². The predicted octanol–water partition coefficient (Wildman–Crippen LogP) is 3.99. The van der Waals surface area contributed by atoms with E-state index in [4.69, 9.17) is 14.5 Å². The molecule has 4 rings (SSSR count). The van der Waals surface area contributed by atoms with Crippen LogP contribution < -0.4 is 14.4 Å². The summed E-state index contributed by atoms with van der Waals surface area (Å²) in [6.07, 6.45) is 0. The van der Waals surface area contributed by atoms with E-state index in [0.717, 1.165) is 46.1 Å². The Bertz CT molecular complexity index is 1100. The van der Waals surface area contributed by atoms with Gasteiger partial charge in [-0.2, -0.15) is 0 Å². The highest BCUT2D eigenvalue weighted by molar-refractivity contribution is 7.17. The minimum atomic E-state index is 0.0214. The summed E-state index contributed by atoms with van der Waals surface area (Å²) >= 11 is 1.62. The van der Waals surface area contributed by atoms with Crippen molar-refractivity contribution in [2.24, 2.45) is 5.92 Å².